The van der Waals surface area contributed by atoms with Crippen molar-refractivity contribution in [3.8, 4) is 0 Å². The minimum absolute atomic E-state index is 0.00483. The van der Waals surface area contributed by atoms with Crippen LogP contribution in [-0.2, 0) is 9.53 Å². The number of hydrogen-bond acceptors (Lipinski definition) is 6. The molecular formula is C33H40N4O4. The van der Waals surface area contributed by atoms with Gasteiger partial charge in [-0.15, -0.1) is 0 Å². The van der Waals surface area contributed by atoms with Crippen molar-refractivity contribution < 1.29 is 14.3 Å². The molecule has 1 saturated carbocycles. The van der Waals surface area contributed by atoms with Gasteiger partial charge in [0.05, 0.1) is 18.1 Å². The molecule has 6 rings (SSSR count). The van der Waals surface area contributed by atoms with Crippen molar-refractivity contribution >= 4 is 22.9 Å². The van der Waals surface area contributed by atoms with Crippen LogP contribution >= 0.6 is 0 Å². The molecule has 3 fully saturated rings. The van der Waals surface area contributed by atoms with E-state index in [4.69, 9.17) is 4.74 Å². The fourth-order valence-electron chi connectivity index (χ4n) is 7.63. The number of esters is 1. The number of hydrogen-bond donors (Lipinski definition) is 1. The summed E-state index contributed by atoms with van der Waals surface area (Å²) in [7, 11) is 1.28. The largest absolute Gasteiger partial charge is 0.467 e. The van der Waals surface area contributed by atoms with Gasteiger partial charge in [0.2, 0.25) is 0 Å². The molecule has 3 aliphatic rings. The van der Waals surface area contributed by atoms with Gasteiger partial charge in [-0.2, -0.15) is 0 Å². The van der Waals surface area contributed by atoms with Gasteiger partial charge in [0.1, 0.15) is 0 Å². The van der Waals surface area contributed by atoms with Crippen LogP contribution in [0.2, 0.25) is 0 Å². The second-order valence-corrected chi connectivity index (χ2v) is 11.9. The van der Waals surface area contributed by atoms with Crippen molar-refractivity contribution in [2.45, 2.75) is 101 Å². The van der Waals surface area contributed by atoms with Crippen molar-refractivity contribution in [1.29, 1.82) is 0 Å². The molecule has 2 aromatic carbocycles. The van der Waals surface area contributed by atoms with E-state index in [1.54, 1.807) is 24.3 Å². The number of carbonyl (C=O) groups is 2. The van der Waals surface area contributed by atoms with Gasteiger partial charge in [0.25, 0.3) is 11.5 Å². The van der Waals surface area contributed by atoms with Crippen LogP contribution in [0.15, 0.2) is 59.4 Å². The van der Waals surface area contributed by atoms with E-state index >= 15 is 0 Å². The molecule has 2 aliphatic heterocycles. The standard InChI is InChI=1S/C33H40N4O4/c1-41-33(40)29(22-12-6-5-7-13-22)35-31(38)30-32(39)37(28-17-11-10-16-27(28)34-30)26-20-24-18-19-25(21-26)36(24)23-14-8-3-2-4-9-15-23/h5-7,10-13,16-17,23-26,29H,2-4,8-9,14-15,18-21H2,1H3,(H,35,38)/t24-,25+,26?,29-/m0/s1. The molecule has 2 saturated heterocycles. The molecule has 1 amide bonds. The molecule has 1 aliphatic carbocycles. The van der Waals surface area contributed by atoms with Crippen molar-refractivity contribution in [2.24, 2.45) is 0 Å². The van der Waals surface area contributed by atoms with Crippen LogP contribution in [-0.4, -0.2) is 51.6 Å². The first-order valence-electron chi connectivity index (χ1n) is 15.3. The van der Waals surface area contributed by atoms with E-state index in [1.807, 2.05) is 34.9 Å². The minimum atomic E-state index is -1.04. The Morgan fingerprint density at radius 2 is 1.46 bits per heavy atom. The van der Waals surface area contributed by atoms with Gasteiger partial charge in [0, 0.05) is 24.2 Å². The zero-order valence-electron chi connectivity index (χ0n) is 23.8. The highest BCUT2D eigenvalue weighted by molar-refractivity contribution is 5.96. The molecule has 2 bridgehead atoms. The van der Waals surface area contributed by atoms with E-state index in [9.17, 15) is 14.4 Å². The van der Waals surface area contributed by atoms with E-state index in [2.05, 4.69) is 15.2 Å². The van der Waals surface area contributed by atoms with Crippen LogP contribution < -0.4 is 10.9 Å². The van der Waals surface area contributed by atoms with Gasteiger partial charge in [-0.25, -0.2) is 9.78 Å². The number of fused-ring (bicyclic) bond motifs is 3. The molecule has 8 nitrogen and oxygen atoms in total. The summed E-state index contributed by atoms with van der Waals surface area (Å²) in [5.74, 6) is -1.28. The molecular weight excluding hydrogens is 516 g/mol. The van der Waals surface area contributed by atoms with Gasteiger partial charge in [-0.05, 0) is 56.2 Å². The summed E-state index contributed by atoms with van der Waals surface area (Å²) in [6.07, 6.45) is 13.4. The summed E-state index contributed by atoms with van der Waals surface area (Å²) < 4.78 is 6.79. The normalized spacial score (nSPS) is 24.4. The first-order chi connectivity index (χ1) is 20.0. The second kappa shape index (κ2) is 12.1. The first kappa shape index (κ1) is 27.6. The average Bonchev–Trinajstić information content (AvgIpc) is 3.23. The fraction of sp³-hybridized carbons (Fsp3) is 0.515. The minimum Gasteiger partial charge on any atom is -0.467 e. The number of rotatable bonds is 6. The maximum Gasteiger partial charge on any atom is 0.333 e. The number of nitrogens with one attached hydrogen (secondary N) is 1. The van der Waals surface area contributed by atoms with Crippen molar-refractivity contribution in [1.82, 2.24) is 19.8 Å². The topological polar surface area (TPSA) is 93.5 Å². The maximum absolute atomic E-state index is 14.1. The molecule has 8 heteroatoms. The molecule has 0 spiro atoms. The van der Waals surface area contributed by atoms with Crippen LogP contribution in [0, 0.1) is 0 Å². The number of nitrogens with zero attached hydrogens (tertiary/aromatic N) is 3. The smallest absolute Gasteiger partial charge is 0.333 e. The number of methoxy groups -OCH3 is 1. The number of piperidine rings is 1. The predicted molar refractivity (Wildman–Crippen MR) is 158 cm³/mol. The van der Waals surface area contributed by atoms with E-state index < -0.39 is 23.5 Å². The Labute approximate surface area is 241 Å². The molecule has 41 heavy (non-hydrogen) atoms. The summed E-state index contributed by atoms with van der Waals surface area (Å²) >= 11 is 0. The lowest BCUT2D eigenvalue weighted by atomic mass is 9.89. The number of carbonyl (C=O) groups excluding carboxylic acids is 2. The molecule has 216 valence electrons. The number of para-hydroxylation sites is 2. The molecule has 0 radical (unpaired) electrons. The zero-order valence-corrected chi connectivity index (χ0v) is 23.8. The molecule has 3 heterocycles. The second-order valence-electron chi connectivity index (χ2n) is 11.9. The van der Waals surface area contributed by atoms with Crippen LogP contribution in [0.3, 0.4) is 0 Å². The molecule has 4 atom stereocenters. The van der Waals surface area contributed by atoms with Crippen molar-refractivity contribution in [2.75, 3.05) is 7.11 Å². The van der Waals surface area contributed by atoms with Crippen LogP contribution in [0.4, 0.5) is 0 Å². The Morgan fingerprint density at radius 1 is 0.829 bits per heavy atom. The number of ether oxygens (including phenoxy) is 1. The maximum atomic E-state index is 14.1. The quantitative estimate of drug-likeness (QED) is 0.413. The predicted octanol–water partition coefficient (Wildman–Crippen LogP) is 5.32. The lowest BCUT2D eigenvalue weighted by molar-refractivity contribution is -0.143. The first-order valence-corrected chi connectivity index (χ1v) is 15.3. The summed E-state index contributed by atoms with van der Waals surface area (Å²) in [6, 6.07) is 17.0. The highest BCUT2D eigenvalue weighted by atomic mass is 16.5. The van der Waals surface area contributed by atoms with Crippen LogP contribution in [0.1, 0.15) is 98.8 Å². The lowest BCUT2D eigenvalue weighted by Gasteiger charge is -2.45. The van der Waals surface area contributed by atoms with Gasteiger partial charge < -0.3 is 14.6 Å². The summed E-state index contributed by atoms with van der Waals surface area (Å²) in [6.45, 7) is 0. The monoisotopic (exact) mass is 556 g/mol. The van der Waals surface area contributed by atoms with E-state index in [0.29, 0.717) is 29.2 Å². The van der Waals surface area contributed by atoms with Crippen LogP contribution in [0.5, 0.6) is 0 Å². The Balaban J connectivity index is 1.31. The van der Waals surface area contributed by atoms with Gasteiger partial charge >= 0.3 is 5.97 Å². The van der Waals surface area contributed by atoms with E-state index in [-0.39, 0.29) is 11.7 Å². The number of aromatic nitrogens is 2. The zero-order chi connectivity index (χ0) is 28.3. The highest BCUT2D eigenvalue weighted by Gasteiger charge is 2.44. The Morgan fingerprint density at radius 3 is 2.15 bits per heavy atom. The molecule has 3 aromatic rings. The van der Waals surface area contributed by atoms with Crippen molar-refractivity contribution in [3.63, 3.8) is 0 Å². The third-order valence-electron chi connectivity index (χ3n) is 9.48. The Bertz CT molecular complexity index is 1430. The van der Waals surface area contributed by atoms with Gasteiger partial charge in [-0.1, -0.05) is 74.6 Å². The molecule has 1 unspecified atom stereocenters. The summed E-state index contributed by atoms with van der Waals surface area (Å²) in [5.41, 5.74) is 1.34. The van der Waals surface area contributed by atoms with Gasteiger partial charge in [-0.3, -0.25) is 14.5 Å². The molecule has 1 aromatic heterocycles. The SMILES string of the molecule is COC(=O)[C@@H](NC(=O)c1nc2ccccc2n(C2C[C@H]3CC[C@@H](C2)N3C2CCCCCCC2)c1=O)c1ccccc1. The average molecular weight is 557 g/mol. The highest BCUT2D eigenvalue weighted by Crippen LogP contribution is 2.44. The van der Waals surface area contributed by atoms with Gasteiger partial charge in [0.15, 0.2) is 11.7 Å². The summed E-state index contributed by atoms with van der Waals surface area (Å²) in [4.78, 5) is 47.6. The number of benzene rings is 2. The molecule has 1 N–H and O–H groups in total. The third-order valence-corrected chi connectivity index (χ3v) is 9.48. The fourth-order valence-corrected chi connectivity index (χ4v) is 7.63. The number of amides is 1. The van der Waals surface area contributed by atoms with E-state index in [1.165, 1.54) is 64.9 Å². The lowest BCUT2D eigenvalue weighted by Crippen LogP contribution is -2.50. The van der Waals surface area contributed by atoms with Crippen molar-refractivity contribution in [3.05, 3.63) is 76.2 Å². The Hall–Kier alpha value is -3.52. The van der Waals surface area contributed by atoms with E-state index in [0.717, 1.165) is 18.4 Å². The third kappa shape index (κ3) is 5.54. The van der Waals surface area contributed by atoms with Crippen LogP contribution in [0.25, 0.3) is 11.0 Å². The Kier molecular flexibility index (Phi) is 8.19. The summed E-state index contributed by atoms with van der Waals surface area (Å²) in [5, 5.41) is 2.73.